The lowest BCUT2D eigenvalue weighted by molar-refractivity contribution is -0.124. The fourth-order valence-corrected chi connectivity index (χ4v) is 3.88. The number of amidine groups is 1. The molecule has 1 fully saturated rings. The van der Waals surface area contributed by atoms with Gasteiger partial charge >= 0.3 is 0 Å². The fraction of sp³-hybridized carbons (Fsp3) is 0.0952. The quantitative estimate of drug-likeness (QED) is 0.464. The summed E-state index contributed by atoms with van der Waals surface area (Å²) in [5.74, 6) is 0.438. The first kappa shape index (κ1) is 17.8. The maximum atomic E-state index is 12.4. The number of rotatable bonds is 4. The van der Waals surface area contributed by atoms with Crippen molar-refractivity contribution in [3.05, 3.63) is 82.9 Å². The average molecular weight is 394 g/mol. The monoisotopic (exact) mass is 393 g/mol. The van der Waals surface area contributed by atoms with Gasteiger partial charge in [-0.25, -0.2) is 0 Å². The summed E-state index contributed by atoms with van der Waals surface area (Å²) in [6.07, 6.45) is 1.66. The van der Waals surface area contributed by atoms with Crippen LogP contribution in [0.4, 0.5) is 0 Å². The van der Waals surface area contributed by atoms with Gasteiger partial charge in [-0.05, 0) is 34.0 Å². The summed E-state index contributed by atoms with van der Waals surface area (Å²) in [6, 6.07) is 21.7. The Hall–Kier alpha value is -2.63. The van der Waals surface area contributed by atoms with Crippen LogP contribution in [0.15, 0.2) is 76.9 Å². The zero-order valence-corrected chi connectivity index (χ0v) is 16.0. The number of fused-ring (bicyclic) bond motifs is 1. The fourth-order valence-electron chi connectivity index (χ4n) is 2.92. The minimum Gasteiger partial charge on any atom is -0.285 e. The third-order valence-electron chi connectivity index (χ3n) is 4.29. The molecule has 134 valence electrons. The second-order valence-electron chi connectivity index (χ2n) is 6.09. The third kappa shape index (κ3) is 4.04. The Kier molecular flexibility index (Phi) is 5.23. The highest BCUT2D eigenvalue weighted by molar-refractivity contribution is 8.15. The summed E-state index contributed by atoms with van der Waals surface area (Å²) >= 11 is 7.30. The van der Waals surface area contributed by atoms with Crippen molar-refractivity contribution >= 4 is 51.4 Å². The smallest absolute Gasteiger partial charge is 0.239 e. The van der Waals surface area contributed by atoms with Crippen molar-refractivity contribution in [1.82, 2.24) is 4.90 Å². The van der Waals surface area contributed by atoms with Crippen molar-refractivity contribution < 1.29 is 4.79 Å². The van der Waals surface area contributed by atoms with Crippen LogP contribution in [0, 0.1) is 0 Å². The molecule has 0 N–H and O–H groups in total. The Labute approximate surface area is 166 Å². The van der Waals surface area contributed by atoms with E-state index in [1.54, 1.807) is 23.2 Å². The molecular formula is C21H16ClN3OS. The van der Waals surface area contributed by atoms with E-state index in [2.05, 4.69) is 28.4 Å². The molecule has 0 unspecified atom stereocenters. The first-order valence-electron chi connectivity index (χ1n) is 8.47. The van der Waals surface area contributed by atoms with Gasteiger partial charge < -0.3 is 0 Å². The zero-order valence-electron chi connectivity index (χ0n) is 14.4. The molecule has 3 aromatic rings. The summed E-state index contributed by atoms with van der Waals surface area (Å²) in [5, 5.41) is 12.0. The Bertz CT molecular complexity index is 1040. The van der Waals surface area contributed by atoms with Crippen LogP contribution in [0.2, 0.25) is 5.02 Å². The number of amides is 1. The highest BCUT2D eigenvalue weighted by Crippen LogP contribution is 2.25. The van der Waals surface area contributed by atoms with Gasteiger partial charge in [-0.2, -0.15) is 5.10 Å². The molecule has 0 aromatic heterocycles. The summed E-state index contributed by atoms with van der Waals surface area (Å²) in [4.78, 5) is 14.1. The Morgan fingerprint density at radius 1 is 1.04 bits per heavy atom. The maximum absolute atomic E-state index is 12.4. The number of hydrogen-bond donors (Lipinski definition) is 0. The molecule has 4 rings (SSSR count). The second kappa shape index (κ2) is 7.94. The van der Waals surface area contributed by atoms with E-state index in [0.29, 0.717) is 22.5 Å². The predicted octanol–water partition coefficient (Wildman–Crippen LogP) is 4.96. The van der Waals surface area contributed by atoms with Crippen molar-refractivity contribution in [3.8, 4) is 0 Å². The number of carbonyl (C=O) groups is 1. The van der Waals surface area contributed by atoms with Crippen LogP contribution in [0.25, 0.3) is 10.8 Å². The van der Waals surface area contributed by atoms with Gasteiger partial charge in [-0.1, -0.05) is 78.0 Å². The Morgan fingerprint density at radius 3 is 2.67 bits per heavy atom. The van der Waals surface area contributed by atoms with Crippen LogP contribution in [0.5, 0.6) is 0 Å². The summed E-state index contributed by atoms with van der Waals surface area (Å²) < 4.78 is 0. The number of carbonyl (C=O) groups excluding carboxylic acids is 1. The van der Waals surface area contributed by atoms with Gasteiger partial charge in [0.1, 0.15) is 0 Å². The Morgan fingerprint density at radius 2 is 1.81 bits per heavy atom. The minimum atomic E-state index is 0.0494. The molecule has 0 spiro atoms. The normalized spacial score (nSPS) is 16.1. The van der Waals surface area contributed by atoms with Crippen molar-refractivity contribution in [1.29, 1.82) is 0 Å². The molecular weight excluding hydrogens is 378 g/mol. The van der Waals surface area contributed by atoms with Crippen LogP contribution in [-0.2, 0) is 11.3 Å². The molecule has 1 amide bonds. The van der Waals surface area contributed by atoms with Crippen molar-refractivity contribution in [2.75, 3.05) is 5.75 Å². The van der Waals surface area contributed by atoms with Gasteiger partial charge in [-0.15, -0.1) is 5.10 Å². The van der Waals surface area contributed by atoms with E-state index in [-0.39, 0.29) is 5.91 Å². The van der Waals surface area contributed by atoms with Crippen molar-refractivity contribution in [3.63, 3.8) is 0 Å². The van der Waals surface area contributed by atoms with Crippen LogP contribution in [0.1, 0.15) is 11.1 Å². The molecule has 4 nitrogen and oxygen atoms in total. The van der Waals surface area contributed by atoms with Gasteiger partial charge in [0.2, 0.25) is 5.91 Å². The van der Waals surface area contributed by atoms with Crippen LogP contribution < -0.4 is 0 Å². The second-order valence-corrected chi connectivity index (χ2v) is 7.46. The van der Waals surface area contributed by atoms with E-state index >= 15 is 0 Å². The lowest BCUT2D eigenvalue weighted by Gasteiger charge is -2.16. The maximum Gasteiger partial charge on any atom is 0.239 e. The van der Waals surface area contributed by atoms with Gasteiger partial charge in [0, 0.05) is 5.02 Å². The first-order valence-corrected chi connectivity index (χ1v) is 9.83. The number of thioether (sulfide) groups is 1. The molecule has 1 aliphatic heterocycles. The third-order valence-corrected chi connectivity index (χ3v) is 5.49. The SMILES string of the molecule is O=C1CS/C(=N/N=C\c2ccc(Cl)cc2)N1Cc1cccc2ccccc12. The molecule has 3 aromatic carbocycles. The van der Waals surface area contributed by atoms with E-state index in [1.807, 2.05) is 36.4 Å². The number of hydrogen-bond acceptors (Lipinski definition) is 4. The molecule has 1 saturated heterocycles. The largest absolute Gasteiger partial charge is 0.285 e. The van der Waals surface area contributed by atoms with Gasteiger partial charge in [0.25, 0.3) is 0 Å². The molecule has 6 heteroatoms. The van der Waals surface area contributed by atoms with E-state index < -0.39 is 0 Å². The standard InChI is InChI=1S/C21H16ClN3OS/c22-18-10-8-15(9-11-18)12-23-24-21-25(20(26)14-27-21)13-17-6-3-5-16-4-1-2-7-19(16)17/h1-12H,13-14H2/b23-12-,24-21+. The van der Waals surface area contributed by atoms with Gasteiger partial charge in [-0.3, -0.25) is 9.69 Å². The van der Waals surface area contributed by atoms with E-state index in [4.69, 9.17) is 11.6 Å². The highest BCUT2D eigenvalue weighted by atomic mass is 35.5. The molecule has 0 aliphatic carbocycles. The van der Waals surface area contributed by atoms with Gasteiger partial charge in [0.05, 0.1) is 18.5 Å². The van der Waals surface area contributed by atoms with E-state index in [0.717, 1.165) is 21.9 Å². The van der Waals surface area contributed by atoms with Crippen LogP contribution in [0.3, 0.4) is 0 Å². The predicted molar refractivity (Wildman–Crippen MR) is 113 cm³/mol. The minimum absolute atomic E-state index is 0.0494. The molecule has 0 bridgehead atoms. The molecule has 0 radical (unpaired) electrons. The van der Waals surface area contributed by atoms with E-state index in [1.165, 1.54) is 11.8 Å². The molecule has 0 atom stereocenters. The number of halogens is 1. The number of benzene rings is 3. The van der Waals surface area contributed by atoms with Crippen LogP contribution >= 0.6 is 23.4 Å². The highest BCUT2D eigenvalue weighted by Gasteiger charge is 2.28. The molecule has 1 heterocycles. The first-order chi connectivity index (χ1) is 13.2. The van der Waals surface area contributed by atoms with Crippen LogP contribution in [-0.4, -0.2) is 27.9 Å². The summed E-state index contributed by atoms with van der Waals surface area (Å²) in [6.45, 7) is 0.489. The average Bonchev–Trinajstić information content (AvgIpc) is 3.03. The van der Waals surface area contributed by atoms with Crippen molar-refractivity contribution in [2.45, 2.75) is 6.54 Å². The Balaban J connectivity index is 1.57. The lowest BCUT2D eigenvalue weighted by atomic mass is 10.0. The zero-order chi connectivity index (χ0) is 18.6. The van der Waals surface area contributed by atoms with Gasteiger partial charge in [0.15, 0.2) is 5.17 Å². The summed E-state index contributed by atoms with van der Waals surface area (Å²) in [7, 11) is 0. The molecule has 27 heavy (non-hydrogen) atoms. The van der Waals surface area contributed by atoms with E-state index in [9.17, 15) is 4.79 Å². The number of nitrogens with zero attached hydrogens (tertiary/aromatic N) is 3. The topological polar surface area (TPSA) is 45.0 Å². The molecule has 1 aliphatic rings. The van der Waals surface area contributed by atoms with Crippen molar-refractivity contribution in [2.24, 2.45) is 10.2 Å². The molecule has 0 saturated carbocycles. The summed E-state index contributed by atoms with van der Waals surface area (Å²) in [5.41, 5.74) is 2.00. The lowest BCUT2D eigenvalue weighted by Crippen LogP contribution is -2.28.